The van der Waals surface area contributed by atoms with Crippen LogP contribution in [-0.2, 0) is 18.0 Å². The first kappa shape index (κ1) is 25.9. The van der Waals surface area contributed by atoms with Crippen molar-refractivity contribution in [3.63, 3.8) is 0 Å². The van der Waals surface area contributed by atoms with Crippen LogP contribution in [0, 0.1) is 0 Å². The second-order valence-electron chi connectivity index (χ2n) is 9.78. The van der Waals surface area contributed by atoms with Gasteiger partial charge in [0, 0.05) is 22.7 Å². The van der Waals surface area contributed by atoms with Gasteiger partial charge in [-0.3, -0.25) is 4.79 Å². The van der Waals surface area contributed by atoms with E-state index in [-0.39, 0.29) is 10.9 Å². The van der Waals surface area contributed by atoms with Gasteiger partial charge in [0.05, 0.1) is 0 Å². The highest BCUT2D eigenvalue weighted by Gasteiger charge is 2.32. The summed E-state index contributed by atoms with van der Waals surface area (Å²) in [6.07, 6.45) is 3.40. The van der Waals surface area contributed by atoms with E-state index in [9.17, 15) is 9.90 Å². The molecule has 2 unspecified atom stereocenters. The second kappa shape index (κ2) is 11.7. The Bertz CT molecular complexity index is 1310. The summed E-state index contributed by atoms with van der Waals surface area (Å²) in [4.78, 5) is 12.4. The van der Waals surface area contributed by atoms with Gasteiger partial charge in [0.25, 0.3) is 0 Å². The molecule has 0 heterocycles. The fraction of sp³-hybridized carbons (Fsp3) is 0.242. The molecule has 0 amide bonds. The SMILES string of the molecule is CCCC(C)(Pc1ccccc1C(C)=O)c1cc(Cc2ccccc2)cc(Cc2ccccc2)c1O. The molecule has 4 rings (SSSR count). The number of carbonyl (C=O) groups excluding carboxylic acids is 1. The molecule has 0 saturated carbocycles. The minimum atomic E-state index is -0.289. The molecule has 0 spiro atoms. The Labute approximate surface area is 217 Å². The zero-order valence-electron chi connectivity index (χ0n) is 21.4. The smallest absolute Gasteiger partial charge is 0.160 e. The van der Waals surface area contributed by atoms with E-state index in [1.807, 2.05) is 42.5 Å². The Kier molecular flexibility index (Phi) is 8.39. The lowest BCUT2D eigenvalue weighted by atomic mass is 9.88. The van der Waals surface area contributed by atoms with E-state index in [1.54, 1.807) is 6.92 Å². The quantitative estimate of drug-likeness (QED) is 0.180. The van der Waals surface area contributed by atoms with Crippen molar-refractivity contribution in [2.45, 2.75) is 51.6 Å². The highest BCUT2D eigenvalue weighted by Crippen LogP contribution is 2.49. The van der Waals surface area contributed by atoms with Crippen LogP contribution in [0.1, 0.15) is 71.8 Å². The molecule has 0 saturated heterocycles. The van der Waals surface area contributed by atoms with Crippen molar-refractivity contribution in [3.05, 3.63) is 130 Å². The van der Waals surface area contributed by atoms with Gasteiger partial charge in [-0.25, -0.2) is 0 Å². The normalized spacial score (nSPS) is 13.1. The predicted octanol–water partition coefficient (Wildman–Crippen LogP) is 7.80. The number of carbonyl (C=O) groups is 1. The maximum absolute atomic E-state index is 12.4. The van der Waals surface area contributed by atoms with E-state index < -0.39 is 0 Å². The van der Waals surface area contributed by atoms with Crippen molar-refractivity contribution in [3.8, 4) is 5.75 Å². The van der Waals surface area contributed by atoms with Gasteiger partial charge in [-0.15, -0.1) is 0 Å². The van der Waals surface area contributed by atoms with Crippen molar-refractivity contribution in [1.82, 2.24) is 0 Å². The molecule has 0 fully saturated rings. The van der Waals surface area contributed by atoms with Gasteiger partial charge in [-0.05, 0) is 47.3 Å². The Morgan fingerprint density at radius 2 is 1.39 bits per heavy atom. The predicted molar refractivity (Wildman–Crippen MR) is 153 cm³/mol. The van der Waals surface area contributed by atoms with Gasteiger partial charge < -0.3 is 5.11 Å². The molecule has 3 heteroatoms. The van der Waals surface area contributed by atoms with Crippen LogP contribution in [0.25, 0.3) is 0 Å². The fourth-order valence-electron chi connectivity index (χ4n) is 5.03. The first-order valence-electron chi connectivity index (χ1n) is 12.7. The molecule has 0 radical (unpaired) electrons. The summed E-state index contributed by atoms with van der Waals surface area (Å²) in [5.74, 6) is 0.475. The number of hydrogen-bond donors (Lipinski definition) is 1. The summed E-state index contributed by atoms with van der Waals surface area (Å²) in [5, 5.41) is 12.5. The van der Waals surface area contributed by atoms with Gasteiger partial charge in [-0.1, -0.05) is 126 Å². The molecule has 4 aromatic rings. The molecule has 0 aromatic heterocycles. The largest absolute Gasteiger partial charge is 0.507 e. The van der Waals surface area contributed by atoms with Gasteiger partial charge in [0.2, 0.25) is 0 Å². The summed E-state index contributed by atoms with van der Waals surface area (Å²) in [5.41, 5.74) is 6.35. The molecule has 184 valence electrons. The lowest BCUT2D eigenvalue weighted by Gasteiger charge is -2.33. The van der Waals surface area contributed by atoms with E-state index in [0.29, 0.717) is 20.8 Å². The molecular weight excluding hydrogens is 459 g/mol. The standard InChI is InChI=1S/C33H35O2P/c1-4-19-33(3,36-31-18-12-11-17-29(31)24(2)34)30-23-27(20-25-13-7-5-8-14-25)22-28(32(30)35)21-26-15-9-6-10-16-26/h5-18,22-23,35-36H,4,19-21H2,1-3H3. The maximum Gasteiger partial charge on any atom is 0.160 e. The van der Waals surface area contributed by atoms with E-state index in [4.69, 9.17) is 0 Å². The number of benzene rings is 4. The lowest BCUT2D eigenvalue weighted by molar-refractivity contribution is 0.101. The van der Waals surface area contributed by atoms with Crippen molar-refractivity contribution in [1.29, 1.82) is 0 Å². The number of rotatable bonds is 10. The average Bonchev–Trinajstić information content (AvgIpc) is 2.87. The number of aromatic hydroxyl groups is 1. The van der Waals surface area contributed by atoms with Crippen molar-refractivity contribution >= 4 is 19.7 Å². The van der Waals surface area contributed by atoms with Crippen LogP contribution in [-0.4, -0.2) is 10.9 Å². The first-order chi connectivity index (χ1) is 17.4. The molecule has 1 N–H and O–H groups in total. The average molecular weight is 495 g/mol. The van der Waals surface area contributed by atoms with Crippen molar-refractivity contribution < 1.29 is 9.90 Å². The number of phenols is 1. The molecule has 36 heavy (non-hydrogen) atoms. The van der Waals surface area contributed by atoms with Gasteiger partial charge in [-0.2, -0.15) is 0 Å². The maximum atomic E-state index is 12.4. The minimum Gasteiger partial charge on any atom is -0.507 e. The Morgan fingerprint density at radius 1 is 0.806 bits per heavy atom. The van der Waals surface area contributed by atoms with Crippen LogP contribution in [0.5, 0.6) is 5.75 Å². The van der Waals surface area contributed by atoms with E-state index in [1.165, 1.54) is 16.7 Å². The molecule has 4 aromatic carbocycles. The number of phenolic OH excluding ortho intramolecular Hbond substituents is 1. The van der Waals surface area contributed by atoms with Crippen molar-refractivity contribution in [2.75, 3.05) is 0 Å². The van der Waals surface area contributed by atoms with Crippen LogP contribution < -0.4 is 5.30 Å². The van der Waals surface area contributed by atoms with Crippen LogP contribution in [0.2, 0.25) is 0 Å². The molecule has 2 atom stereocenters. The second-order valence-corrected chi connectivity index (χ2v) is 11.7. The number of ketones is 1. The Morgan fingerprint density at radius 3 is 2.00 bits per heavy atom. The minimum absolute atomic E-state index is 0.0868. The third kappa shape index (κ3) is 6.12. The zero-order valence-corrected chi connectivity index (χ0v) is 22.4. The van der Waals surface area contributed by atoms with Crippen molar-refractivity contribution in [2.24, 2.45) is 0 Å². The Balaban J connectivity index is 1.83. The monoisotopic (exact) mass is 494 g/mol. The van der Waals surface area contributed by atoms with Gasteiger partial charge in [0.15, 0.2) is 5.78 Å². The fourth-order valence-corrected chi connectivity index (χ4v) is 6.89. The highest BCUT2D eigenvalue weighted by molar-refractivity contribution is 7.48. The summed E-state index contributed by atoms with van der Waals surface area (Å²) in [6.45, 7) is 6.07. The van der Waals surface area contributed by atoms with Gasteiger partial charge in [0.1, 0.15) is 5.75 Å². The van der Waals surface area contributed by atoms with Crippen LogP contribution in [0.15, 0.2) is 97.1 Å². The number of hydrogen-bond acceptors (Lipinski definition) is 2. The van der Waals surface area contributed by atoms with E-state index in [0.717, 1.165) is 41.3 Å². The molecule has 0 aliphatic carbocycles. The van der Waals surface area contributed by atoms with E-state index >= 15 is 0 Å². The Hall–Kier alpha value is -3.22. The summed E-state index contributed by atoms with van der Waals surface area (Å²) in [7, 11) is 0.369. The van der Waals surface area contributed by atoms with Crippen LogP contribution in [0.4, 0.5) is 0 Å². The third-order valence-electron chi connectivity index (χ3n) is 6.80. The first-order valence-corrected chi connectivity index (χ1v) is 13.7. The van der Waals surface area contributed by atoms with Crippen LogP contribution in [0.3, 0.4) is 0 Å². The van der Waals surface area contributed by atoms with Gasteiger partial charge >= 0.3 is 0 Å². The molecular formula is C33H35O2P. The number of Topliss-reactive ketones (excluding diaryl/α,β-unsaturated/α-hetero) is 1. The topological polar surface area (TPSA) is 37.3 Å². The molecule has 0 aliphatic heterocycles. The summed E-state index contributed by atoms with van der Waals surface area (Å²) >= 11 is 0. The van der Waals surface area contributed by atoms with E-state index in [2.05, 4.69) is 68.4 Å². The van der Waals surface area contributed by atoms with Crippen LogP contribution >= 0.6 is 8.58 Å². The summed E-state index contributed by atoms with van der Waals surface area (Å²) in [6, 6.07) is 33.1. The summed E-state index contributed by atoms with van der Waals surface area (Å²) < 4.78 is 0. The molecule has 0 bridgehead atoms. The third-order valence-corrected chi connectivity index (χ3v) is 8.57. The lowest BCUT2D eigenvalue weighted by Crippen LogP contribution is -2.22. The molecule has 2 nitrogen and oxygen atoms in total. The highest BCUT2D eigenvalue weighted by atomic mass is 31.1. The zero-order chi connectivity index (χ0) is 25.5. The molecule has 0 aliphatic rings.